The Morgan fingerprint density at radius 3 is 1.61 bits per heavy atom. The molecule has 1 aromatic rings. The fourth-order valence-corrected chi connectivity index (χ4v) is 0.797. The highest BCUT2D eigenvalue weighted by molar-refractivity contribution is 5.90. The summed E-state index contributed by atoms with van der Waals surface area (Å²) in [4.78, 5) is 29.4. The van der Waals surface area contributed by atoms with Crippen molar-refractivity contribution >= 4 is 17.9 Å². The highest BCUT2D eigenvalue weighted by Gasteiger charge is 2.05. The van der Waals surface area contributed by atoms with Gasteiger partial charge in [-0.3, -0.25) is 0 Å². The Bertz CT molecular complexity index is 460. The Morgan fingerprint density at radius 2 is 1.33 bits per heavy atom. The number of hydrogen-bond acceptors (Lipinski definition) is 4. The largest absolute Gasteiger partial charge is 0.507 e. The number of rotatable bonds is 3. The highest BCUT2D eigenvalue weighted by atomic mass is 16.4. The molecule has 0 atom stereocenters. The number of phenols is 1. The first-order chi connectivity index (χ1) is 8.34. The molecule has 7 nitrogen and oxygen atoms in total. The molecule has 96 valence electrons. The van der Waals surface area contributed by atoms with Gasteiger partial charge < -0.3 is 20.4 Å². The zero-order valence-electron chi connectivity index (χ0n) is 8.98. The number of carboxylic acid groups (broad SMARTS) is 3. The van der Waals surface area contributed by atoms with E-state index in [1.165, 1.54) is 12.1 Å². The zero-order chi connectivity index (χ0) is 14.1. The molecule has 1 rings (SSSR count). The van der Waals surface area contributed by atoms with Gasteiger partial charge in [0.05, 0.1) is 0 Å². The maximum atomic E-state index is 10.3. The van der Waals surface area contributed by atoms with Gasteiger partial charge in [0.15, 0.2) is 0 Å². The van der Waals surface area contributed by atoms with Gasteiger partial charge in [-0.1, -0.05) is 12.1 Å². The van der Waals surface area contributed by atoms with Crippen molar-refractivity contribution in [2.24, 2.45) is 0 Å². The van der Waals surface area contributed by atoms with Crippen molar-refractivity contribution < 1.29 is 34.8 Å². The molecule has 18 heavy (non-hydrogen) atoms. The van der Waals surface area contributed by atoms with E-state index in [2.05, 4.69) is 0 Å². The van der Waals surface area contributed by atoms with Crippen molar-refractivity contribution in [1.82, 2.24) is 0 Å². The van der Waals surface area contributed by atoms with Gasteiger partial charge in [-0.2, -0.15) is 0 Å². The minimum atomic E-state index is -1.26. The molecule has 0 aliphatic heterocycles. The fraction of sp³-hybridized carbons (Fsp3) is 0. The quantitative estimate of drug-likeness (QED) is 0.586. The zero-order valence-corrected chi connectivity index (χ0v) is 8.98. The predicted molar refractivity (Wildman–Crippen MR) is 59.5 cm³/mol. The lowest BCUT2D eigenvalue weighted by Gasteiger charge is -1.95. The Morgan fingerprint density at radius 1 is 0.889 bits per heavy atom. The number of para-hydroxylation sites is 1. The summed E-state index contributed by atoms with van der Waals surface area (Å²) < 4.78 is 0. The van der Waals surface area contributed by atoms with Crippen molar-refractivity contribution in [3.63, 3.8) is 0 Å². The van der Waals surface area contributed by atoms with E-state index in [0.717, 1.165) is 0 Å². The summed E-state index contributed by atoms with van der Waals surface area (Å²) in [5, 5.41) is 32.9. The number of aromatic carboxylic acids is 1. The van der Waals surface area contributed by atoms with Crippen LogP contribution in [-0.4, -0.2) is 38.3 Å². The van der Waals surface area contributed by atoms with E-state index < -0.39 is 17.9 Å². The topological polar surface area (TPSA) is 132 Å². The molecule has 4 N–H and O–H groups in total. The van der Waals surface area contributed by atoms with Gasteiger partial charge in [0.1, 0.15) is 11.3 Å². The van der Waals surface area contributed by atoms with Gasteiger partial charge in [-0.15, -0.1) is 0 Å². The van der Waals surface area contributed by atoms with Gasteiger partial charge in [0, 0.05) is 12.2 Å². The van der Waals surface area contributed by atoms with Crippen LogP contribution in [0.3, 0.4) is 0 Å². The molecular formula is C11H10O7. The SMILES string of the molecule is O=C(O)C=CC(=O)O.O=C(O)c1ccccc1O. The summed E-state index contributed by atoms with van der Waals surface area (Å²) in [6.07, 6.45) is 1.12. The Kier molecular flexibility index (Phi) is 6.27. The van der Waals surface area contributed by atoms with E-state index in [0.29, 0.717) is 12.2 Å². The Balaban J connectivity index is 0.000000331. The fourth-order valence-electron chi connectivity index (χ4n) is 0.797. The van der Waals surface area contributed by atoms with Gasteiger partial charge in [-0.25, -0.2) is 14.4 Å². The van der Waals surface area contributed by atoms with Crippen molar-refractivity contribution in [3.8, 4) is 5.75 Å². The number of hydrogen-bond donors (Lipinski definition) is 4. The molecule has 0 amide bonds. The maximum Gasteiger partial charge on any atom is 0.339 e. The summed E-state index contributed by atoms with van der Waals surface area (Å²) in [5.41, 5.74) is -0.0671. The third-order valence-corrected chi connectivity index (χ3v) is 1.50. The van der Waals surface area contributed by atoms with Crippen LogP contribution in [0, 0.1) is 0 Å². The molecule has 7 heteroatoms. The molecule has 0 saturated carbocycles. The van der Waals surface area contributed by atoms with E-state index in [-0.39, 0.29) is 11.3 Å². The molecule has 1 aromatic carbocycles. The molecule has 0 aromatic heterocycles. The van der Waals surface area contributed by atoms with Crippen LogP contribution in [0.2, 0.25) is 0 Å². The molecule has 0 aliphatic carbocycles. The summed E-state index contributed by atoms with van der Waals surface area (Å²) in [6.45, 7) is 0. The lowest BCUT2D eigenvalue weighted by Crippen LogP contribution is -1.95. The summed E-state index contributed by atoms with van der Waals surface area (Å²) >= 11 is 0. The molecule has 0 spiro atoms. The van der Waals surface area contributed by atoms with E-state index in [9.17, 15) is 14.4 Å². The minimum absolute atomic E-state index is 0.0671. The normalized spacial score (nSPS) is 9.33. The summed E-state index contributed by atoms with van der Waals surface area (Å²) in [6, 6.07) is 5.81. The lowest BCUT2D eigenvalue weighted by molar-refractivity contribution is -0.134. The van der Waals surface area contributed by atoms with Gasteiger partial charge in [0.2, 0.25) is 0 Å². The van der Waals surface area contributed by atoms with Crippen LogP contribution >= 0.6 is 0 Å². The number of carbonyl (C=O) groups is 3. The number of aliphatic carboxylic acids is 2. The first-order valence-electron chi connectivity index (χ1n) is 4.49. The second kappa shape index (κ2) is 7.44. The van der Waals surface area contributed by atoms with Crippen LogP contribution in [-0.2, 0) is 9.59 Å². The molecule has 0 bridgehead atoms. The van der Waals surface area contributed by atoms with E-state index in [1.54, 1.807) is 12.1 Å². The second-order valence-electron chi connectivity index (χ2n) is 2.83. The van der Waals surface area contributed by atoms with Gasteiger partial charge in [0.25, 0.3) is 0 Å². The van der Waals surface area contributed by atoms with Crippen LogP contribution in [0.4, 0.5) is 0 Å². The first-order valence-corrected chi connectivity index (χ1v) is 4.49. The molecule has 0 heterocycles. The minimum Gasteiger partial charge on any atom is -0.507 e. The lowest BCUT2D eigenvalue weighted by atomic mass is 10.2. The van der Waals surface area contributed by atoms with E-state index in [4.69, 9.17) is 20.4 Å². The van der Waals surface area contributed by atoms with Crippen molar-refractivity contribution in [3.05, 3.63) is 42.0 Å². The van der Waals surface area contributed by atoms with Crippen LogP contribution in [0.1, 0.15) is 10.4 Å². The van der Waals surface area contributed by atoms with E-state index in [1.807, 2.05) is 0 Å². The monoisotopic (exact) mass is 254 g/mol. The summed E-state index contributed by atoms with van der Waals surface area (Å²) in [7, 11) is 0. The smallest absolute Gasteiger partial charge is 0.339 e. The molecule has 0 saturated heterocycles. The third kappa shape index (κ3) is 6.62. The van der Waals surface area contributed by atoms with Gasteiger partial charge >= 0.3 is 17.9 Å². The molecule has 0 radical (unpaired) electrons. The molecule has 0 aliphatic rings. The average Bonchev–Trinajstić information content (AvgIpc) is 2.27. The Labute approximate surface area is 101 Å². The maximum absolute atomic E-state index is 10.3. The predicted octanol–water partition coefficient (Wildman–Crippen LogP) is 0.802. The number of carboxylic acids is 3. The average molecular weight is 254 g/mol. The van der Waals surface area contributed by atoms with Gasteiger partial charge in [-0.05, 0) is 12.1 Å². The van der Waals surface area contributed by atoms with Crippen LogP contribution in [0.5, 0.6) is 5.75 Å². The highest BCUT2D eigenvalue weighted by Crippen LogP contribution is 2.14. The summed E-state index contributed by atoms with van der Waals surface area (Å²) in [5.74, 6) is -3.83. The number of aromatic hydroxyl groups is 1. The molecule has 0 unspecified atom stereocenters. The van der Waals surface area contributed by atoms with Crippen LogP contribution < -0.4 is 0 Å². The first kappa shape index (κ1) is 15.2. The Hall–Kier alpha value is -2.83. The second-order valence-corrected chi connectivity index (χ2v) is 2.83. The van der Waals surface area contributed by atoms with Crippen LogP contribution in [0.15, 0.2) is 36.4 Å². The standard InChI is InChI=1S/C7H6O3.C4H4O4/c8-6-4-2-1-3-5(6)7(9)10;5-3(6)1-2-4(7)8/h1-4,8H,(H,9,10);1-2H,(H,5,6)(H,7,8). The van der Waals surface area contributed by atoms with Crippen LogP contribution in [0.25, 0.3) is 0 Å². The molecular weight excluding hydrogens is 244 g/mol. The number of benzene rings is 1. The van der Waals surface area contributed by atoms with Crippen molar-refractivity contribution in [2.75, 3.05) is 0 Å². The molecule has 0 fully saturated rings. The third-order valence-electron chi connectivity index (χ3n) is 1.50. The van der Waals surface area contributed by atoms with Crippen molar-refractivity contribution in [2.45, 2.75) is 0 Å². The van der Waals surface area contributed by atoms with E-state index >= 15 is 0 Å². The van der Waals surface area contributed by atoms with Crippen molar-refractivity contribution in [1.29, 1.82) is 0 Å².